The normalized spacial score (nSPS) is 11.4. The number of aliphatic hydroxyl groups is 1. The van der Waals surface area contributed by atoms with Crippen LogP contribution in [0.5, 0.6) is 0 Å². The van der Waals surface area contributed by atoms with Crippen molar-refractivity contribution in [3.8, 4) is 0 Å². The number of fused-ring (bicyclic) bond motifs is 1. The van der Waals surface area contributed by atoms with Crippen molar-refractivity contribution in [1.29, 1.82) is 0 Å². The van der Waals surface area contributed by atoms with Gasteiger partial charge in [-0.15, -0.1) is 0 Å². The standard InChI is InChI=1S/C15H16ClN3O2/c1-2-3-14-17-15(21-18-14)8-19-7-10(9-20)12-5-4-11(16)6-13(12)19/h4-7,20H,2-3,8-9H2,1H3. The van der Waals surface area contributed by atoms with Crippen LogP contribution in [0.1, 0.15) is 30.6 Å². The molecule has 0 fully saturated rings. The highest BCUT2D eigenvalue weighted by atomic mass is 35.5. The highest BCUT2D eigenvalue weighted by Gasteiger charge is 2.12. The lowest BCUT2D eigenvalue weighted by atomic mass is 10.2. The molecule has 3 rings (SSSR count). The van der Waals surface area contributed by atoms with E-state index in [0.717, 1.165) is 35.1 Å². The van der Waals surface area contributed by atoms with Crippen molar-refractivity contribution in [2.75, 3.05) is 0 Å². The van der Waals surface area contributed by atoms with Crippen molar-refractivity contribution in [2.45, 2.75) is 32.9 Å². The minimum absolute atomic E-state index is 0.0178. The fraction of sp³-hybridized carbons (Fsp3) is 0.333. The molecule has 0 aliphatic heterocycles. The largest absolute Gasteiger partial charge is 0.392 e. The van der Waals surface area contributed by atoms with Crippen molar-refractivity contribution < 1.29 is 9.63 Å². The summed E-state index contributed by atoms with van der Waals surface area (Å²) in [6.45, 7) is 2.52. The van der Waals surface area contributed by atoms with Gasteiger partial charge < -0.3 is 14.2 Å². The van der Waals surface area contributed by atoms with E-state index in [-0.39, 0.29) is 6.61 Å². The zero-order chi connectivity index (χ0) is 14.8. The van der Waals surface area contributed by atoms with Crippen LogP contribution in [0.2, 0.25) is 5.02 Å². The summed E-state index contributed by atoms with van der Waals surface area (Å²) in [4.78, 5) is 4.37. The molecule has 2 heterocycles. The first-order valence-electron chi connectivity index (χ1n) is 6.91. The van der Waals surface area contributed by atoms with Gasteiger partial charge in [0.1, 0.15) is 6.54 Å². The van der Waals surface area contributed by atoms with Crippen LogP contribution in [-0.4, -0.2) is 19.8 Å². The average molecular weight is 306 g/mol. The van der Waals surface area contributed by atoms with Gasteiger partial charge in [-0.1, -0.05) is 29.7 Å². The van der Waals surface area contributed by atoms with Crippen LogP contribution >= 0.6 is 11.6 Å². The van der Waals surface area contributed by atoms with Crippen LogP contribution in [-0.2, 0) is 19.6 Å². The molecule has 1 aromatic carbocycles. The second-order valence-electron chi connectivity index (χ2n) is 4.96. The molecule has 0 radical (unpaired) electrons. The fourth-order valence-electron chi connectivity index (χ4n) is 2.42. The Bertz CT molecular complexity index is 763. The van der Waals surface area contributed by atoms with Crippen molar-refractivity contribution in [3.05, 3.63) is 46.7 Å². The number of aliphatic hydroxyl groups excluding tert-OH is 1. The van der Waals surface area contributed by atoms with E-state index in [1.807, 2.05) is 29.0 Å². The minimum Gasteiger partial charge on any atom is -0.392 e. The van der Waals surface area contributed by atoms with Crippen LogP contribution < -0.4 is 0 Å². The predicted molar refractivity (Wildman–Crippen MR) is 80.3 cm³/mol. The lowest BCUT2D eigenvalue weighted by molar-refractivity contribution is 0.283. The van der Waals surface area contributed by atoms with Gasteiger partial charge in [-0.25, -0.2) is 0 Å². The highest BCUT2D eigenvalue weighted by molar-refractivity contribution is 6.31. The zero-order valence-corrected chi connectivity index (χ0v) is 12.5. The average Bonchev–Trinajstić information content (AvgIpc) is 3.05. The second-order valence-corrected chi connectivity index (χ2v) is 5.39. The topological polar surface area (TPSA) is 64.1 Å². The Morgan fingerprint density at radius 1 is 1.38 bits per heavy atom. The van der Waals surface area contributed by atoms with Gasteiger partial charge in [0.05, 0.1) is 12.1 Å². The number of aromatic nitrogens is 3. The Kier molecular flexibility index (Phi) is 3.94. The summed E-state index contributed by atoms with van der Waals surface area (Å²) in [5.74, 6) is 1.28. The van der Waals surface area contributed by atoms with Gasteiger partial charge in [-0.2, -0.15) is 4.98 Å². The van der Waals surface area contributed by atoms with Gasteiger partial charge >= 0.3 is 0 Å². The van der Waals surface area contributed by atoms with Crippen LogP contribution in [0.3, 0.4) is 0 Å². The zero-order valence-electron chi connectivity index (χ0n) is 11.7. The fourth-order valence-corrected chi connectivity index (χ4v) is 2.59. The number of nitrogens with zero attached hydrogens (tertiary/aromatic N) is 3. The van der Waals surface area contributed by atoms with E-state index in [9.17, 15) is 5.11 Å². The first-order chi connectivity index (χ1) is 10.2. The van der Waals surface area contributed by atoms with Gasteiger partial charge in [-0.3, -0.25) is 0 Å². The molecule has 1 N–H and O–H groups in total. The summed E-state index contributed by atoms with van der Waals surface area (Å²) >= 11 is 6.06. The molecule has 0 aliphatic carbocycles. The van der Waals surface area contributed by atoms with E-state index < -0.39 is 0 Å². The number of hydrogen-bond acceptors (Lipinski definition) is 4. The van der Waals surface area contributed by atoms with E-state index in [1.165, 1.54) is 0 Å². The van der Waals surface area contributed by atoms with Crippen LogP contribution in [0.25, 0.3) is 10.9 Å². The molecule has 0 saturated carbocycles. The molecule has 0 atom stereocenters. The summed E-state index contributed by atoms with van der Waals surface area (Å²) in [7, 11) is 0. The van der Waals surface area contributed by atoms with Crippen LogP contribution in [0, 0.1) is 0 Å². The van der Waals surface area contributed by atoms with E-state index in [2.05, 4.69) is 17.1 Å². The highest BCUT2D eigenvalue weighted by Crippen LogP contribution is 2.25. The van der Waals surface area contributed by atoms with Crippen LogP contribution in [0.15, 0.2) is 28.9 Å². The summed E-state index contributed by atoms with van der Waals surface area (Å²) < 4.78 is 7.23. The van der Waals surface area contributed by atoms with Crippen LogP contribution in [0.4, 0.5) is 0 Å². The van der Waals surface area contributed by atoms with Crippen molar-refractivity contribution in [1.82, 2.24) is 14.7 Å². The van der Waals surface area contributed by atoms with Gasteiger partial charge in [0.25, 0.3) is 0 Å². The molecule has 0 aliphatic rings. The lowest BCUT2D eigenvalue weighted by Crippen LogP contribution is -1.98. The molecular weight excluding hydrogens is 290 g/mol. The van der Waals surface area contributed by atoms with Gasteiger partial charge in [0, 0.05) is 28.6 Å². The summed E-state index contributed by atoms with van der Waals surface area (Å²) in [5, 5.41) is 15.1. The third-order valence-corrected chi connectivity index (χ3v) is 3.62. The van der Waals surface area contributed by atoms with Crippen molar-refractivity contribution in [3.63, 3.8) is 0 Å². The van der Waals surface area contributed by atoms with E-state index in [1.54, 1.807) is 0 Å². The molecular formula is C15H16ClN3O2. The third-order valence-electron chi connectivity index (χ3n) is 3.39. The number of benzene rings is 1. The van der Waals surface area contributed by atoms with Gasteiger partial charge in [0.15, 0.2) is 5.82 Å². The maximum absolute atomic E-state index is 9.46. The van der Waals surface area contributed by atoms with Gasteiger partial charge in [-0.05, 0) is 18.6 Å². The Hall–Kier alpha value is -1.85. The number of hydrogen-bond donors (Lipinski definition) is 1. The second kappa shape index (κ2) is 5.87. The first kappa shape index (κ1) is 14.1. The molecule has 110 valence electrons. The maximum Gasteiger partial charge on any atom is 0.246 e. The maximum atomic E-state index is 9.46. The third kappa shape index (κ3) is 2.80. The molecule has 21 heavy (non-hydrogen) atoms. The molecule has 0 amide bonds. The van der Waals surface area contributed by atoms with E-state index in [0.29, 0.717) is 17.5 Å². The molecule has 3 aromatic rings. The summed E-state index contributed by atoms with van der Waals surface area (Å²) in [5.41, 5.74) is 1.80. The smallest absolute Gasteiger partial charge is 0.246 e. The van der Waals surface area contributed by atoms with E-state index in [4.69, 9.17) is 16.1 Å². The Morgan fingerprint density at radius 3 is 3.00 bits per heavy atom. The molecule has 5 nitrogen and oxygen atoms in total. The molecule has 0 saturated heterocycles. The molecule has 0 spiro atoms. The van der Waals surface area contributed by atoms with Crippen molar-refractivity contribution >= 4 is 22.5 Å². The lowest BCUT2D eigenvalue weighted by Gasteiger charge is -2.01. The number of aryl methyl sites for hydroxylation is 1. The predicted octanol–water partition coefficient (Wildman–Crippen LogP) is 3.17. The Morgan fingerprint density at radius 2 is 2.24 bits per heavy atom. The molecule has 6 heteroatoms. The Balaban J connectivity index is 1.97. The monoisotopic (exact) mass is 305 g/mol. The minimum atomic E-state index is -0.0178. The van der Waals surface area contributed by atoms with Crippen molar-refractivity contribution in [2.24, 2.45) is 0 Å². The SMILES string of the molecule is CCCc1noc(Cn2cc(CO)c3ccc(Cl)cc32)n1. The Labute approximate surface area is 127 Å². The summed E-state index contributed by atoms with van der Waals surface area (Å²) in [6.07, 6.45) is 3.68. The quantitative estimate of drug-likeness (QED) is 0.786. The molecule has 0 bridgehead atoms. The number of rotatable bonds is 5. The molecule has 0 unspecified atom stereocenters. The molecule has 2 aromatic heterocycles. The van der Waals surface area contributed by atoms with E-state index >= 15 is 0 Å². The summed E-state index contributed by atoms with van der Waals surface area (Å²) in [6, 6.07) is 5.61. The number of halogens is 1. The van der Waals surface area contributed by atoms with Gasteiger partial charge in [0.2, 0.25) is 5.89 Å². The first-order valence-corrected chi connectivity index (χ1v) is 7.28.